The molecule has 1 aromatic carbocycles. The Morgan fingerprint density at radius 1 is 1.27 bits per heavy atom. The van der Waals surface area contributed by atoms with Gasteiger partial charge < -0.3 is 10.6 Å². The van der Waals surface area contributed by atoms with Crippen LogP contribution in [0.5, 0.6) is 0 Å². The molecule has 2 rings (SSSR count). The quantitative estimate of drug-likeness (QED) is 0.814. The Kier molecular flexibility index (Phi) is 3.27. The summed E-state index contributed by atoms with van der Waals surface area (Å²) in [5, 5.41) is 0. The third-order valence-corrected chi connectivity index (χ3v) is 3.40. The van der Waals surface area contributed by atoms with Crippen molar-refractivity contribution < 1.29 is 0 Å². The molecule has 82 valence electrons. The molecule has 0 radical (unpaired) electrons. The first-order valence-corrected chi connectivity index (χ1v) is 5.83. The van der Waals surface area contributed by atoms with Gasteiger partial charge in [0.15, 0.2) is 0 Å². The van der Waals surface area contributed by atoms with Crippen LogP contribution >= 0.6 is 0 Å². The van der Waals surface area contributed by atoms with Gasteiger partial charge in [-0.05, 0) is 49.9 Å². The second kappa shape index (κ2) is 4.67. The van der Waals surface area contributed by atoms with Gasteiger partial charge in [-0.3, -0.25) is 0 Å². The van der Waals surface area contributed by atoms with E-state index in [1.165, 1.54) is 30.5 Å². The molecule has 2 nitrogen and oxygen atoms in total. The summed E-state index contributed by atoms with van der Waals surface area (Å²) in [7, 11) is 2.20. The summed E-state index contributed by atoms with van der Waals surface area (Å²) >= 11 is 0. The molecule has 1 fully saturated rings. The maximum atomic E-state index is 5.53. The van der Waals surface area contributed by atoms with E-state index in [0.29, 0.717) is 0 Å². The van der Waals surface area contributed by atoms with E-state index in [2.05, 4.69) is 36.2 Å². The van der Waals surface area contributed by atoms with Crippen molar-refractivity contribution >= 4 is 5.69 Å². The first kappa shape index (κ1) is 10.5. The van der Waals surface area contributed by atoms with E-state index in [1.807, 2.05) is 0 Å². The smallest absolute Gasteiger partial charge is 0.0366 e. The molecular formula is C13H20N2. The number of rotatable bonds is 4. The average molecular weight is 204 g/mol. The van der Waals surface area contributed by atoms with Gasteiger partial charge in [0.1, 0.15) is 0 Å². The highest BCUT2D eigenvalue weighted by molar-refractivity contribution is 5.48. The van der Waals surface area contributed by atoms with Gasteiger partial charge in [0.25, 0.3) is 0 Å². The normalized spacial score (nSPS) is 16.1. The molecule has 2 heteroatoms. The molecule has 1 aliphatic carbocycles. The van der Waals surface area contributed by atoms with E-state index in [4.69, 9.17) is 5.73 Å². The fraction of sp³-hybridized carbons (Fsp3) is 0.538. The van der Waals surface area contributed by atoms with Gasteiger partial charge in [0.05, 0.1) is 0 Å². The third-order valence-electron chi connectivity index (χ3n) is 3.40. The molecular weight excluding hydrogens is 184 g/mol. The second-order valence-corrected chi connectivity index (χ2v) is 4.40. The lowest BCUT2D eigenvalue weighted by Gasteiger charge is -2.36. The Bertz CT molecular complexity index is 301. The van der Waals surface area contributed by atoms with Gasteiger partial charge >= 0.3 is 0 Å². The summed E-state index contributed by atoms with van der Waals surface area (Å²) in [4.78, 5) is 2.40. The minimum absolute atomic E-state index is 0.734. The Morgan fingerprint density at radius 2 is 1.93 bits per heavy atom. The lowest BCUT2D eigenvalue weighted by Crippen LogP contribution is -2.37. The van der Waals surface area contributed by atoms with Crippen molar-refractivity contribution in [3.8, 4) is 0 Å². The molecule has 1 aliphatic rings. The number of hydrogen-bond donors (Lipinski definition) is 1. The molecule has 15 heavy (non-hydrogen) atoms. The van der Waals surface area contributed by atoms with Gasteiger partial charge in [0.2, 0.25) is 0 Å². The van der Waals surface area contributed by atoms with E-state index >= 15 is 0 Å². The highest BCUT2D eigenvalue weighted by Gasteiger charge is 2.21. The molecule has 1 aromatic rings. The van der Waals surface area contributed by atoms with Crippen molar-refractivity contribution in [1.82, 2.24) is 0 Å². The minimum Gasteiger partial charge on any atom is -0.372 e. The van der Waals surface area contributed by atoms with Crippen molar-refractivity contribution in [2.75, 3.05) is 18.5 Å². The van der Waals surface area contributed by atoms with Crippen molar-refractivity contribution in [1.29, 1.82) is 0 Å². The fourth-order valence-corrected chi connectivity index (χ4v) is 2.05. The summed E-state index contributed by atoms with van der Waals surface area (Å²) in [5.74, 6) is 0. The van der Waals surface area contributed by atoms with E-state index in [9.17, 15) is 0 Å². The third kappa shape index (κ3) is 2.32. The number of benzene rings is 1. The Hall–Kier alpha value is -1.02. The van der Waals surface area contributed by atoms with Crippen LogP contribution in [0, 0.1) is 0 Å². The van der Waals surface area contributed by atoms with Crippen LogP contribution in [-0.4, -0.2) is 19.6 Å². The molecule has 2 N–H and O–H groups in total. The Morgan fingerprint density at radius 3 is 2.40 bits per heavy atom. The van der Waals surface area contributed by atoms with Crippen LogP contribution < -0.4 is 10.6 Å². The lowest BCUT2D eigenvalue weighted by atomic mass is 9.91. The molecule has 0 saturated heterocycles. The Labute approximate surface area is 92.1 Å². The maximum Gasteiger partial charge on any atom is 0.0366 e. The molecule has 0 aromatic heterocycles. The first-order valence-electron chi connectivity index (χ1n) is 5.83. The van der Waals surface area contributed by atoms with E-state index in [-0.39, 0.29) is 0 Å². The molecule has 1 saturated carbocycles. The van der Waals surface area contributed by atoms with Crippen molar-refractivity contribution in [2.45, 2.75) is 31.7 Å². The average Bonchev–Trinajstić information content (AvgIpc) is 2.16. The molecule has 0 bridgehead atoms. The van der Waals surface area contributed by atoms with Gasteiger partial charge in [-0.1, -0.05) is 12.1 Å². The van der Waals surface area contributed by atoms with Crippen LogP contribution in [0.1, 0.15) is 24.8 Å². The van der Waals surface area contributed by atoms with Gasteiger partial charge in [0, 0.05) is 18.8 Å². The van der Waals surface area contributed by atoms with Crippen molar-refractivity contribution in [3.05, 3.63) is 29.8 Å². The maximum absolute atomic E-state index is 5.53. The van der Waals surface area contributed by atoms with Crippen molar-refractivity contribution in [3.63, 3.8) is 0 Å². The van der Waals surface area contributed by atoms with E-state index in [1.54, 1.807) is 0 Å². The van der Waals surface area contributed by atoms with Crippen molar-refractivity contribution in [2.24, 2.45) is 5.73 Å². The van der Waals surface area contributed by atoms with Gasteiger partial charge in [-0.15, -0.1) is 0 Å². The van der Waals surface area contributed by atoms with Gasteiger partial charge in [-0.25, -0.2) is 0 Å². The zero-order chi connectivity index (χ0) is 10.7. The standard InChI is InChI=1S/C13H20N2/c1-15(12-3-2-4-12)13-7-5-11(6-8-13)9-10-14/h5-8,12H,2-4,9-10,14H2,1H3. The predicted octanol–water partition coefficient (Wildman–Crippen LogP) is 2.18. The predicted molar refractivity (Wildman–Crippen MR) is 65.2 cm³/mol. The molecule has 0 amide bonds. The van der Waals surface area contributed by atoms with Crippen LogP contribution in [0.15, 0.2) is 24.3 Å². The molecule has 0 atom stereocenters. The number of hydrogen-bond acceptors (Lipinski definition) is 2. The number of nitrogens with zero attached hydrogens (tertiary/aromatic N) is 1. The fourth-order valence-electron chi connectivity index (χ4n) is 2.05. The Balaban J connectivity index is 2.02. The SMILES string of the molecule is CN(c1ccc(CCN)cc1)C1CCC1. The second-order valence-electron chi connectivity index (χ2n) is 4.40. The zero-order valence-electron chi connectivity index (χ0n) is 9.45. The topological polar surface area (TPSA) is 29.3 Å². The number of anilines is 1. The summed E-state index contributed by atoms with van der Waals surface area (Å²) in [6.45, 7) is 0.734. The van der Waals surface area contributed by atoms with Crippen LogP contribution in [0.25, 0.3) is 0 Å². The van der Waals surface area contributed by atoms with Crippen LogP contribution in [0.4, 0.5) is 5.69 Å². The number of nitrogens with two attached hydrogens (primary N) is 1. The summed E-state index contributed by atoms with van der Waals surface area (Å²) in [5.41, 5.74) is 8.20. The largest absolute Gasteiger partial charge is 0.372 e. The lowest BCUT2D eigenvalue weighted by molar-refractivity contribution is 0.401. The zero-order valence-corrected chi connectivity index (χ0v) is 9.45. The highest BCUT2D eigenvalue weighted by atomic mass is 15.1. The summed E-state index contributed by atoms with van der Waals surface area (Å²) in [6, 6.07) is 9.58. The van der Waals surface area contributed by atoms with E-state index in [0.717, 1.165) is 19.0 Å². The van der Waals surface area contributed by atoms with Crippen LogP contribution in [0.2, 0.25) is 0 Å². The first-order chi connectivity index (χ1) is 7.31. The molecule has 0 spiro atoms. The molecule has 0 heterocycles. The van der Waals surface area contributed by atoms with E-state index < -0.39 is 0 Å². The van der Waals surface area contributed by atoms with Crippen LogP contribution in [-0.2, 0) is 6.42 Å². The highest BCUT2D eigenvalue weighted by Crippen LogP contribution is 2.28. The monoisotopic (exact) mass is 204 g/mol. The molecule has 0 unspecified atom stereocenters. The van der Waals surface area contributed by atoms with Gasteiger partial charge in [-0.2, -0.15) is 0 Å². The summed E-state index contributed by atoms with van der Waals surface area (Å²) < 4.78 is 0. The molecule has 0 aliphatic heterocycles. The summed E-state index contributed by atoms with van der Waals surface area (Å²) in [6.07, 6.45) is 5.07. The van der Waals surface area contributed by atoms with Crippen LogP contribution in [0.3, 0.4) is 0 Å². The minimum atomic E-state index is 0.734.